The van der Waals surface area contributed by atoms with Gasteiger partial charge in [0, 0.05) is 30.3 Å². The highest BCUT2D eigenvalue weighted by Gasteiger charge is 2.35. The lowest BCUT2D eigenvalue weighted by Gasteiger charge is -2.21. The van der Waals surface area contributed by atoms with E-state index < -0.39 is 0 Å². The first-order chi connectivity index (χ1) is 10.0. The van der Waals surface area contributed by atoms with Gasteiger partial charge in [-0.05, 0) is 51.1 Å². The predicted molar refractivity (Wildman–Crippen MR) is 87.7 cm³/mol. The number of hydrogen-bond acceptors (Lipinski definition) is 3. The molecule has 1 aliphatic carbocycles. The van der Waals surface area contributed by atoms with Gasteiger partial charge in [0.1, 0.15) is 5.69 Å². The van der Waals surface area contributed by atoms with E-state index in [4.69, 9.17) is 5.73 Å². The molecule has 0 bridgehead atoms. The minimum absolute atomic E-state index is 0. The van der Waals surface area contributed by atoms with Crippen LogP contribution < -0.4 is 5.73 Å². The Morgan fingerprint density at radius 3 is 2.73 bits per heavy atom. The summed E-state index contributed by atoms with van der Waals surface area (Å²) in [6, 6.07) is 0.210. The van der Waals surface area contributed by atoms with E-state index in [0.29, 0.717) is 31.1 Å². The van der Waals surface area contributed by atoms with Gasteiger partial charge in [0.15, 0.2) is 5.78 Å². The zero-order chi connectivity index (χ0) is 15.1. The van der Waals surface area contributed by atoms with E-state index >= 15 is 0 Å². The third-order valence-electron chi connectivity index (χ3n) is 4.91. The summed E-state index contributed by atoms with van der Waals surface area (Å²) in [4.78, 5) is 30.0. The highest BCUT2D eigenvalue weighted by Crippen LogP contribution is 2.29. The average molecular weight is 326 g/mol. The predicted octanol–water partition coefficient (Wildman–Crippen LogP) is 2.07. The summed E-state index contributed by atoms with van der Waals surface area (Å²) in [5, 5.41) is 0. The van der Waals surface area contributed by atoms with Gasteiger partial charge < -0.3 is 15.6 Å². The van der Waals surface area contributed by atoms with Crippen molar-refractivity contribution in [2.24, 2.45) is 11.7 Å². The number of aromatic nitrogens is 1. The van der Waals surface area contributed by atoms with Crippen LogP contribution in [0.2, 0.25) is 0 Å². The zero-order valence-corrected chi connectivity index (χ0v) is 14.0. The van der Waals surface area contributed by atoms with Crippen LogP contribution in [0.1, 0.15) is 58.3 Å². The molecule has 2 aliphatic rings. The minimum atomic E-state index is 0. The van der Waals surface area contributed by atoms with Gasteiger partial charge in [0.25, 0.3) is 5.91 Å². The summed E-state index contributed by atoms with van der Waals surface area (Å²) in [5.74, 6) is 0.562. The van der Waals surface area contributed by atoms with Gasteiger partial charge in [-0.1, -0.05) is 0 Å². The Morgan fingerprint density at radius 1 is 1.41 bits per heavy atom. The number of nitrogens with zero attached hydrogens (tertiary/aromatic N) is 1. The third-order valence-corrected chi connectivity index (χ3v) is 4.91. The van der Waals surface area contributed by atoms with Gasteiger partial charge in [0.05, 0.1) is 0 Å². The number of halogens is 1. The standard InChI is InChI=1S/C16H23N3O2.ClH/c1-9-6-11(7-17)8-19(9)16(21)15-10(2)14-12(18-15)4-3-5-13(14)20;/h9,11,18H,3-8,17H2,1-2H3;1H. The molecular formula is C16H24ClN3O2. The third kappa shape index (κ3) is 2.68. The number of fused-ring (bicyclic) bond motifs is 1. The molecule has 1 fully saturated rings. The molecule has 0 radical (unpaired) electrons. The van der Waals surface area contributed by atoms with Crippen molar-refractivity contribution in [3.8, 4) is 0 Å². The molecule has 3 N–H and O–H groups in total. The molecule has 1 aromatic heterocycles. The number of aryl methyl sites for hydroxylation is 1. The molecule has 1 saturated heterocycles. The molecule has 122 valence electrons. The number of carbonyl (C=O) groups excluding carboxylic acids is 2. The second-order valence-electron chi connectivity index (χ2n) is 6.40. The minimum Gasteiger partial charge on any atom is -0.354 e. The lowest BCUT2D eigenvalue weighted by molar-refractivity contribution is 0.0737. The number of hydrogen-bond donors (Lipinski definition) is 2. The normalized spacial score (nSPS) is 24.1. The van der Waals surface area contributed by atoms with Gasteiger partial charge in [-0.25, -0.2) is 0 Å². The van der Waals surface area contributed by atoms with Gasteiger partial charge in [-0.2, -0.15) is 0 Å². The van der Waals surface area contributed by atoms with Crippen LogP contribution in [0.4, 0.5) is 0 Å². The van der Waals surface area contributed by atoms with E-state index in [1.54, 1.807) is 0 Å². The molecule has 0 spiro atoms. The van der Waals surface area contributed by atoms with Crippen molar-refractivity contribution in [2.45, 2.75) is 45.6 Å². The molecule has 2 heterocycles. The van der Waals surface area contributed by atoms with E-state index in [0.717, 1.165) is 36.1 Å². The Kier molecular flexibility index (Phi) is 4.97. The number of carbonyl (C=O) groups is 2. The maximum Gasteiger partial charge on any atom is 0.270 e. The first kappa shape index (κ1) is 17.0. The zero-order valence-electron chi connectivity index (χ0n) is 13.1. The van der Waals surface area contributed by atoms with Crippen molar-refractivity contribution in [3.05, 3.63) is 22.5 Å². The van der Waals surface area contributed by atoms with E-state index in [2.05, 4.69) is 11.9 Å². The van der Waals surface area contributed by atoms with Crippen LogP contribution in [-0.4, -0.2) is 40.7 Å². The fraction of sp³-hybridized carbons (Fsp3) is 0.625. The quantitative estimate of drug-likeness (QED) is 0.873. The second-order valence-corrected chi connectivity index (χ2v) is 6.40. The van der Waals surface area contributed by atoms with E-state index in [9.17, 15) is 9.59 Å². The van der Waals surface area contributed by atoms with Crippen LogP contribution in [0.3, 0.4) is 0 Å². The van der Waals surface area contributed by atoms with Crippen molar-refractivity contribution in [3.63, 3.8) is 0 Å². The summed E-state index contributed by atoms with van der Waals surface area (Å²) in [7, 11) is 0. The molecule has 2 atom stereocenters. The molecule has 0 aromatic carbocycles. The van der Waals surface area contributed by atoms with Gasteiger partial charge in [-0.15, -0.1) is 12.4 Å². The molecule has 5 nitrogen and oxygen atoms in total. The Labute approximate surface area is 137 Å². The van der Waals surface area contributed by atoms with E-state index in [1.165, 1.54) is 0 Å². The number of nitrogens with one attached hydrogen (secondary N) is 1. The highest BCUT2D eigenvalue weighted by atomic mass is 35.5. The van der Waals surface area contributed by atoms with Crippen molar-refractivity contribution in [2.75, 3.05) is 13.1 Å². The molecule has 22 heavy (non-hydrogen) atoms. The molecule has 0 saturated carbocycles. The lowest BCUT2D eigenvalue weighted by Crippen LogP contribution is -2.35. The Morgan fingerprint density at radius 2 is 2.14 bits per heavy atom. The number of ketones is 1. The highest BCUT2D eigenvalue weighted by molar-refractivity contribution is 6.04. The summed E-state index contributed by atoms with van der Waals surface area (Å²) in [5.41, 5.74) is 8.85. The topological polar surface area (TPSA) is 79.2 Å². The SMILES string of the molecule is Cc1c(C(=O)N2CC(CN)CC2C)[nH]c2c1C(=O)CCC2.Cl. The van der Waals surface area contributed by atoms with Crippen molar-refractivity contribution in [1.82, 2.24) is 9.88 Å². The maximum atomic E-state index is 12.8. The van der Waals surface area contributed by atoms with Crippen LogP contribution in [0.15, 0.2) is 0 Å². The van der Waals surface area contributed by atoms with Gasteiger partial charge >= 0.3 is 0 Å². The molecule has 3 rings (SSSR count). The van der Waals surface area contributed by atoms with Crippen molar-refractivity contribution < 1.29 is 9.59 Å². The molecule has 2 unspecified atom stereocenters. The van der Waals surface area contributed by atoms with Crippen LogP contribution in [0, 0.1) is 12.8 Å². The largest absolute Gasteiger partial charge is 0.354 e. The van der Waals surface area contributed by atoms with Crippen LogP contribution >= 0.6 is 12.4 Å². The van der Waals surface area contributed by atoms with Crippen molar-refractivity contribution in [1.29, 1.82) is 0 Å². The van der Waals surface area contributed by atoms with Gasteiger partial charge in [0.2, 0.25) is 0 Å². The molecule has 1 aromatic rings. The Bertz CT molecular complexity index is 596. The lowest BCUT2D eigenvalue weighted by atomic mass is 9.94. The van der Waals surface area contributed by atoms with Gasteiger partial charge in [-0.3, -0.25) is 9.59 Å². The maximum absolute atomic E-state index is 12.8. The summed E-state index contributed by atoms with van der Waals surface area (Å²) < 4.78 is 0. The fourth-order valence-corrected chi connectivity index (χ4v) is 3.73. The van der Waals surface area contributed by atoms with Crippen LogP contribution in [-0.2, 0) is 6.42 Å². The number of aromatic amines is 1. The average Bonchev–Trinajstić information content (AvgIpc) is 3.00. The second kappa shape index (κ2) is 6.42. The number of H-pyrrole nitrogens is 1. The molecule has 6 heteroatoms. The monoisotopic (exact) mass is 325 g/mol. The molecule has 1 amide bonds. The van der Waals surface area contributed by atoms with Crippen molar-refractivity contribution >= 4 is 24.1 Å². The molecular weight excluding hydrogens is 302 g/mol. The molecule has 1 aliphatic heterocycles. The number of amides is 1. The van der Waals surface area contributed by atoms with Crippen LogP contribution in [0.5, 0.6) is 0 Å². The first-order valence-electron chi connectivity index (χ1n) is 7.78. The fourth-order valence-electron chi connectivity index (χ4n) is 3.73. The van der Waals surface area contributed by atoms with Crippen LogP contribution in [0.25, 0.3) is 0 Å². The number of likely N-dealkylation sites (tertiary alicyclic amines) is 1. The Hall–Kier alpha value is -1.33. The smallest absolute Gasteiger partial charge is 0.270 e. The number of rotatable bonds is 2. The Balaban J connectivity index is 0.00000176. The summed E-state index contributed by atoms with van der Waals surface area (Å²) in [6.07, 6.45) is 3.28. The van der Waals surface area contributed by atoms with E-state index in [1.807, 2.05) is 11.8 Å². The summed E-state index contributed by atoms with van der Waals surface area (Å²) >= 11 is 0. The van der Waals surface area contributed by atoms with E-state index in [-0.39, 0.29) is 30.1 Å². The summed E-state index contributed by atoms with van der Waals surface area (Å²) in [6.45, 7) is 5.28. The number of nitrogens with two attached hydrogens (primary N) is 1. The first-order valence-corrected chi connectivity index (χ1v) is 7.78. The number of Topliss-reactive ketones (excluding diaryl/α,β-unsaturated/α-hetero) is 1.